The topological polar surface area (TPSA) is 52.7 Å². The molecule has 0 unspecified atom stereocenters. The highest BCUT2D eigenvalue weighted by atomic mass is 79.9. The third kappa shape index (κ3) is 5.79. The highest BCUT2D eigenvalue weighted by molar-refractivity contribution is 9.10. The van der Waals surface area contributed by atoms with Gasteiger partial charge in [0.15, 0.2) is 0 Å². The molecule has 0 spiro atoms. The average molecular weight is 500 g/mol. The SMILES string of the molecule is O=C(CN1C(=O)/C(=C/c2cccc(Br)c2)Sc2ccccc21)NCCCN1CCCC1. The van der Waals surface area contributed by atoms with E-state index in [1.54, 1.807) is 4.90 Å². The summed E-state index contributed by atoms with van der Waals surface area (Å²) in [4.78, 5) is 31.5. The van der Waals surface area contributed by atoms with Gasteiger partial charge in [-0.1, -0.05) is 52.0 Å². The van der Waals surface area contributed by atoms with Gasteiger partial charge in [0.05, 0.1) is 10.6 Å². The van der Waals surface area contributed by atoms with Gasteiger partial charge in [-0.15, -0.1) is 0 Å². The number of para-hydroxylation sites is 1. The smallest absolute Gasteiger partial charge is 0.265 e. The molecule has 1 fully saturated rings. The lowest BCUT2D eigenvalue weighted by Gasteiger charge is -2.29. The molecule has 2 aromatic carbocycles. The molecule has 2 aliphatic rings. The molecule has 0 saturated carbocycles. The molecule has 162 valence electrons. The molecule has 2 heterocycles. The molecule has 0 bridgehead atoms. The van der Waals surface area contributed by atoms with Crippen LogP contribution in [0.15, 0.2) is 62.8 Å². The number of fused-ring (bicyclic) bond motifs is 1. The fraction of sp³-hybridized carbons (Fsp3) is 0.333. The third-order valence-electron chi connectivity index (χ3n) is 5.45. The summed E-state index contributed by atoms with van der Waals surface area (Å²) < 4.78 is 0.959. The van der Waals surface area contributed by atoms with E-state index < -0.39 is 0 Å². The number of amides is 2. The Morgan fingerprint density at radius 3 is 2.74 bits per heavy atom. The standard InChI is InChI=1S/C24H26BrN3O2S/c25-19-8-5-7-18(15-19)16-22-24(30)28(20-9-1-2-10-21(20)31-22)17-23(29)26-11-6-14-27-12-3-4-13-27/h1-2,5,7-10,15-16H,3-4,6,11-14,17H2,(H,26,29)/b22-16-. The number of nitrogens with zero attached hydrogens (tertiary/aromatic N) is 2. The summed E-state index contributed by atoms with van der Waals surface area (Å²) in [6.07, 6.45) is 5.36. The Labute approximate surface area is 196 Å². The maximum atomic E-state index is 13.3. The van der Waals surface area contributed by atoms with E-state index in [1.165, 1.54) is 24.6 Å². The number of anilines is 1. The van der Waals surface area contributed by atoms with E-state index >= 15 is 0 Å². The molecule has 31 heavy (non-hydrogen) atoms. The normalized spacial score (nSPS) is 17.8. The minimum absolute atomic E-state index is 0.0238. The summed E-state index contributed by atoms with van der Waals surface area (Å²) in [5, 5.41) is 2.99. The second-order valence-corrected chi connectivity index (χ2v) is 9.78. The lowest BCUT2D eigenvalue weighted by atomic mass is 10.2. The van der Waals surface area contributed by atoms with Gasteiger partial charge in [0.1, 0.15) is 6.54 Å². The van der Waals surface area contributed by atoms with Crippen LogP contribution in [-0.4, -0.2) is 49.4 Å². The van der Waals surface area contributed by atoms with E-state index in [9.17, 15) is 9.59 Å². The summed E-state index contributed by atoms with van der Waals surface area (Å²) in [7, 11) is 0. The van der Waals surface area contributed by atoms with Crippen molar-refractivity contribution in [3.05, 3.63) is 63.5 Å². The van der Waals surface area contributed by atoms with Crippen molar-refractivity contribution in [1.82, 2.24) is 10.2 Å². The molecular formula is C24H26BrN3O2S. The van der Waals surface area contributed by atoms with Crippen molar-refractivity contribution in [3.63, 3.8) is 0 Å². The largest absolute Gasteiger partial charge is 0.355 e. The van der Waals surface area contributed by atoms with E-state index in [-0.39, 0.29) is 18.4 Å². The maximum Gasteiger partial charge on any atom is 0.265 e. The van der Waals surface area contributed by atoms with Gasteiger partial charge in [0.25, 0.3) is 5.91 Å². The molecule has 0 radical (unpaired) electrons. The molecule has 1 saturated heterocycles. The van der Waals surface area contributed by atoms with Crippen LogP contribution in [-0.2, 0) is 9.59 Å². The second-order valence-electron chi connectivity index (χ2n) is 7.78. The van der Waals surface area contributed by atoms with E-state index in [1.807, 2.05) is 54.6 Å². The number of thioether (sulfide) groups is 1. The first kappa shape index (κ1) is 22.1. The molecule has 0 aromatic heterocycles. The number of carbonyl (C=O) groups is 2. The predicted molar refractivity (Wildman–Crippen MR) is 130 cm³/mol. The van der Waals surface area contributed by atoms with Crippen molar-refractivity contribution in [1.29, 1.82) is 0 Å². The molecule has 2 aromatic rings. The monoisotopic (exact) mass is 499 g/mol. The van der Waals surface area contributed by atoms with Gasteiger partial charge in [-0.05, 0) is 74.8 Å². The number of halogens is 1. The Balaban J connectivity index is 1.43. The first-order chi connectivity index (χ1) is 15.1. The van der Waals surface area contributed by atoms with Crippen molar-refractivity contribution in [2.45, 2.75) is 24.2 Å². The lowest BCUT2D eigenvalue weighted by Crippen LogP contribution is -2.43. The van der Waals surface area contributed by atoms with Gasteiger partial charge in [0, 0.05) is 15.9 Å². The fourth-order valence-electron chi connectivity index (χ4n) is 3.90. The van der Waals surface area contributed by atoms with Gasteiger partial charge in [0.2, 0.25) is 5.91 Å². The number of likely N-dealkylation sites (tertiary alicyclic amines) is 1. The van der Waals surface area contributed by atoms with Crippen LogP contribution in [0, 0.1) is 0 Å². The van der Waals surface area contributed by atoms with Gasteiger partial charge >= 0.3 is 0 Å². The van der Waals surface area contributed by atoms with E-state index in [0.717, 1.165) is 46.7 Å². The van der Waals surface area contributed by atoms with Crippen molar-refractivity contribution in [2.75, 3.05) is 37.6 Å². The molecular weight excluding hydrogens is 474 g/mol. The van der Waals surface area contributed by atoms with Crippen LogP contribution in [0.5, 0.6) is 0 Å². The number of hydrogen-bond donors (Lipinski definition) is 1. The number of nitrogens with one attached hydrogen (secondary N) is 1. The van der Waals surface area contributed by atoms with Crippen LogP contribution in [0.4, 0.5) is 5.69 Å². The Hall–Kier alpha value is -2.09. The lowest BCUT2D eigenvalue weighted by molar-refractivity contribution is -0.122. The first-order valence-corrected chi connectivity index (χ1v) is 12.3. The average Bonchev–Trinajstić information content (AvgIpc) is 3.28. The minimum Gasteiger partial charge on any atom is -0.355 e. The van der Waals surface area contributed by atoms with Crippen LogP contribution in [0.25, 0.3) is 6.08 Å². The van der Waals surface area contributed by atoms with Gasteiger partial charge in [-0.3, -0.25) is 14.5 Å². The van der Waals surface area contributed by atoms with Gasteiger partial charge in [-0.25, -0.2) is 0 Å². The maximum absolute atomic E-state index is 13.3. The third-order valence-corrected chi connectivity index (χ3v) is 7.02. The number of hydrogen-bond acceptors (Lipinski definition) is 4. The molecule has 5 nitrogen and oxygen atoms in total. The summed E-state index contributed by atoms with van der Waals surface area (Å²) in [6, 6.07) is 15.6. The number of carbonyl (C=O) groups excluding carboxylic acids is 2. The van der Waals surface area contributed by atoms with Crippen molar-refractivity contribution >= 4 is 51.3 Å². The Kier molecular flexibility index (Phi) is 7.48. The highest BCUT2D eigenvalue weighted by Crippen LogP contribution is 2.41. The quantitative estimate of drug-likeness (QED) is 0.449. The van der Waals surface area contributed by atoms with Crippen molar-refractivity contribution in [3.8, 4) is 0 Å². The first-order valence-electron chi connectivity index (χ1n) is 10.7. The molecule has 2 amide bonds. The Bertz CT molecular complexity index is 988. The molecule has 0 atom stereocenters. The molecule has 4 rings (SSSR count). The zero-order valence-corrected chi connectivity index (χ0v) is 19.8. The Morgan fingerprint density at radius 1 is 1.13 bits per heavy atom. The zero-order valence-electron chi connectivity index (χ0n) is 17.4. The van der Waals surface area contributed by atoms with E-state index in [4.69, 9.17) is 0 Å². The van der Waals surface area contributed by atoms with Gasteiger partial charge in [-0.2, -0.15) is 0 Å². The highest BCUT2D eigenvalue weighted by Gasteiger charge is 2.30. The number of rotatable bonds is 7. The summed E-state index contributed by atoms with van der Waals surface area (Å²) in [6.45, 7) is 4.00. The van der Waals surface area contributed by atoms with Crippen molar-refractivity contribution < 1.29 is 9.59 Å². The minimum atomic E-state index is -0.143. The van der Waals surface area contributed by atoms with E-state index in [2.05, 4.69) is 26.1 Å². The summed E-state index contributed by atoms with van der Waals surface area (Å²) in [5.41, 5.74) is 1.73. The van der Waals surface area contributed by atoms with Gasteiger partial charge < -0.3 is 10.2 Å². The zero-order chi connectivity index (χ0) is 21.6. The molecule has 7 heteroatoms. The fourth-order valence-corrected chi connectivity index (χ4v) is 5.38. The summed E-state index contributed by atoms with van der Waals surface area (Å²) in [5.74, 6) is -0.269. The van der Waals surface area contributed by atoms with Crippen LogP contribution in [0.3, 0.4) is 0 Å². The second kappa shape index (κ2) is 10.5. The van der Waals surface area contributed by atoms with Crippen molar-refractivity contribution in [2.24, 2.45) is 0 Å². The van der Waals surface area contributed by atoms with Crippen LogP contribution < -0.4 is 10.2 Å². The predicted octanol–water partition coefficient (Wildman–Crippen LogP) is 4.53. The molecule has 2 aliphatic heterocycles. The summed E-state index contributed by atoms with van der Waals surface area (Å²) >= 11 is 4.93. The van der Waals surface area contributed by atoms with Crippen LogP contribution in [0.1, 0.15) is 24.8 Å². The van der Waals surface area contributed by atoms with Crippen LogP contribution >= 0.6 is 27.7 Å². The number of benzene rings is 2. The Morgan fingerprint density at radius 2 is 1.94 bits per heavy atom. The van der Waals surface area contributed by atoms with E-state index in [0.29, 0.717) is 11.4 Å². The molecule has 0 aliphatic carbocycles. The molecule has 1 N–H and O–H groups in total. The van der Waals surface area contributed by atoms with Crippen LogP contribution in [0.2, 0.25) is 0 Å².